The Morgan fingerprint density at radius 1 is 1.69 bits per heavy atom. The van der Waals surface area contributed by atoms with E-state index in [9.17, 15) is 4.79 Å². The molecule has 0 radical (unpaired) electrons. The largest absolute Gasteiger partial charge is 0.447 e. The molecule has 0 bridgehead atoms. The monoisotopic (exact) mass is 184 g/mol. The lowest BCUT2D eigenvalue weighted by Crippen LogP contribution is -2.57. The Labute approximate surface area is 78.0 Å². The van der Waals surface area contributed by atoms with E-state index in [1.54, 1.807) is 0 Å². The highest BCUT2D eigenvalue weighted by Gasteiger charge is 2.46. The molecule has 2 unspecified atom stereocenters. The number of ether oxygens (including phenoxy) is 1. The first kappa shape index (κ1) is 8.81. The number of hydrogen-bond donors (Lipinski definition) is 2. The third-order valence-corrected chi connectivity index (χ3v) is 3.22. The van der Waals surface area contributed by atoms with Gasteiger partial charge in [-0.1, -0.05) is 6.92 Å². The Morgan fingerprint density at radius 3 is 3.15 bits per heavy atom. The molecule has 2 atom stereocenters. The summed E-state index contributed by atoms with van der Waals surface area (Å²) < 4.78 is 5.00. The van der Waals surface area contributed by atoms with E-state index < -0.39 is 0 Å². The minimum Gasteiger partial charge on any atom is -0.447 e. The molecule has 13 heavy (non-hydrogen) atoms. The van der Waals surface area contributed by atoms with Crippen LogP contribution >= 0.6 is 0 Å². The van der Waals surface area contributed by atoms with Gasteiger partial charge in [0.15, 0.2) is 0 Å². The van der Waals surface area contributed by atoms with Crippen LogP contribution in [0.2, 0.25) is 0 Å². The van der Waals surface area contributed by atoms with Crippen molar-refractivity contribution >= 4 is 6.09 Å². The quantitative estimate of drug-likeness (QED) is 0.623. The normalized spacial score (nSPS) is 38.8. The smallest absolute Gasteiger partial charge is 0.407 e. The summed E-state index contributed by atoms with van der Waals surface area (Å²) in [5.74, 6) is 0.507. The molecule has 2 fully saturated rings. The Balaban J connectivity index is 2.13. The molecule has 2 rings (SSSR count). The van der Waals surface area contributed by atoms with E-state index >= 15 is 0 Å². The lowest BCUT2D eigenvalue weighted by Gasteiger charge is -2.39. The summed E-state index contributed by atoms with van der Waals surface area (Å²) in [5, 5.41) is 6.31. The van der Waals surface area contributed by atoms with Crippen LogP contribution in [0, 0.1) is 5.92 Å². The molecule has 0 aromatic rings. The summed E-state index contributed by atoms with van der Waals surface area (Å²) in [4.78, 5) is 11.0. The molecule has 1 amide bonds. The molecule has 0 aliphatic carbocycles. The first-order chi connectivity index (χ1) is 6.27. The van der Waals surface area contributed by atoms with Crippen LogP contribution in [-0.2, 0) is 4.74 Å². The Hall–Kier alpha value is -0.770. The summed E-state index contributed by atoms with van der Waals surface area (Å²) in [6.07, 6.45) is 1.81. The van der Waals surface area contributed by atoms with E-state index in [1.165, 1.54) is 0 Å². The molecule has 2 aliphatic heterocycles. The van der Waals surface area contributed by atoms with Crippen LogP contribution in [0.5, 0.6) is 0 Å². The van der Waals surface area contributed by atoms with Gasteiger partial charge in [-0.3, -0.25) is 0 Å². The highest BCUT2D eigenvalue weighted by Crippen LogP contribution is 2.30. The lowest BCUT2D eigenvalue weighted by atomic mass is 9.78. The number of piperidine rings is 1. The SMILES string of the molecule is CCC1CNCCC12COC(=O)N2. The minimum atomic E-state index is -0.250. The number of amides is 1. The average molecular weight is 184 g/mol. The predicted molar refractivity (Wildman–Crippen MR) is 48.5 cm³/mol. The molecule has 2 N–H and O–H groups in total. The van der Waals surface area contributed by atoms with Gasteiger partial charge in [-0.2, -0.15) is 0 Å². The summed E-state index contributed by atoms with van der Waals surface area (Å²) in [5.41, 5.74) is -0.0723. The van der Waals surface area contributed by atoms with E-state index in [-0.39, 0.29) is 11.6 Å². The second-order valence-electron chi connectivity index (χ2n) is 3.92. The van der Waals surface area contributed by atoms with Gasteiger partial charge < -0.3 is 15.4 Å². The fourth-order valence-electron chi connectivity index (χ4n) is 2.35. The number of cyclic esters (lactones) is 1. The summed E-state index contributed by atoms with van der Waals surface area (Å²) in [6.45, 7) is 4.66. The van der Waals surface area contributed by atoms with E-state index in [1.807, 2.05) is 0 Å². The van der Waals surface area contributed by atoms with E-state index in [0.717, 1.165) is 25.9 Å². The van der Waals surface area contributed by atoms with Gasteiger partial charge in [0, 0.05) is 6.54 Å². The van der Waals surface area contributed by atoms with Gasteiger partial charge in [0.2, 0.25) is 0 Å². The molecule has 1 spiro atoms. The molecule has 4 heteroatoms. The van der Waals surface area contributed by atoms with Crippen LogP contribution in [0.25, 0.3) is 0 Å². The van der Waals surface area contributed by atoms with E-state index in [2.05, 4.69) is 17.6 Å². The maximum atomic E-state index is 11.0. The zero-order chi connectivity index (χ0) is 9.31. The van der Waals surface area contributed by atoms with E-state index in [4.69, 9.17) is 4.74 Å². The molecule has 2 saturated heterocycles. The fraction of sp³-hybridized carbons (Fsp3) is 0.889. The van der Waals surface area contributed by atoms with Crippen LogP contribution < -0.4 is 10.6 Å². The van der Waals surface area contributed by atoms with Gasteiger partial charge >= 0.3 is 6.09 Å². The van der Waals surface area contributed by atoms with Crippen LogP contribution in [0.3, 0.4) is 0 Å². The molecule has 0 saturated carbocycles. The number of nitrogens with one attached hydrogen (secondary N) is 2. The van der Waals surface area contributed by atoms with Crippen molar-refractivity contribution in [2.75, 3.05) is 19.7 Å². The van der Waals surface area contributed by atoms with Crippen LogP contribution in [0.4, 0.5) is 4.79 Å². The van der Waals surface area contributed by atoms with Gasteiger partial charge in [0.05, 0.1) is 5.54 Å². The van der Waals surface area contributed by atoms with Gasteiger partial charge in [-0.15, -0.1) is 0 Å². The topological polar surface area (TPSA) is 50.4 Å². The van der Waals surface area contributed by atoms with Crippen molar-refractivity contribution in [2.45, 2.75) is 25.3 Å². The van der Waals surface area contributed by atoms with Crippen LogP contribution in [0.15, 0.2) is 0 Å². The maximum Gasteiger partial charge on any atom is 0.407 e. The summed E-state index contributed by atoms with van der Waals surface area (Å²) >= 11 is 0. The number of carbonyl (C=O) groups is 1. The molecule has 2 aliphatic rings. The number of carbonyl (C=O) groups excluding carboxylic acids is 1. The molecular weight excluding hydrogens is 168 g/mol. The molecular formula is C9H16N2O2. The highest BCUT2D eigenvalue weighted by atomic mass is 16.6. The van der Waals surface area contributed by atoms with Crippen molar-refractivity contribution in [2.24, 2.45) is 5.92 Å². The molecule has 0 aromatic heterocycles. The Morgan fingerprint density at radius 2 is 2.54 bits per heavy atom. The van der Waals surface area contributed by atoms with Crippen LogP contribution in [-0.4, -0.2) is 31.3 Å². The minimum absolute atomic E-state index is 0.0723. The first-order valence-corrected chi connectivity index (χ1v) is 4.92. The zero-order valence-corrected chi connectivity index (χ0v) is 7.93. The Kier molecular flexibility index (Phi) is 2.15. The molecule has 4 nitrogen and oxygen atoms in total. The van der Waals surface area contributed by atoms with Gasteiger partial charge in [-0.05, 0) is 25.3 Å². The van der Waals surface area contributed by atoms with Crippen molar-refractivity contribution in [1.29, 1.82) is 0 Å². The number of rotatable bonds is 1. The molecule has 0 aromatic carbocycles. The standard InChI is InChI=1S/C9H16N2O2/c1-2-7-5-10-4-3-9(7)6-13-8(12)11-9/h7,10H,2-6H2,1H3,(H,11,12). The number of hydrogen-bond acceptors (Lipinski definition) is 3. The van der Waals surface area contributed by atoms with Crippen molar-refractivity contribution in [3.05, 3.63) is 0 Å². The van der Waals surface area contributed by atoms with Gasteiger partial charge in [-0.25, -0.2) is 4.79 Å². The second kappa shape index (κ2) is 3.18. The summed E-state index contributed by atoms with van der Waals surface area (Å²) in [7, 11) is 0. The highest BCUT2D eigenvalue weighted by molar-refractivity contribution is 5.70. The Bertz CT molecular complexity index is 220. The zero-order valence-electron chi connectivity index (χ0n) is 7.93. The van der Waals surface area contributed by atoms with Crippen molar-refractivity contribution in [1.82, 2.24) is 10.6 Å². The van der Waals surface area contributed by atoms with Crippen LogP contribution in [0.1, 0.15) is 19.8 Å². The average Bonchev–Trinajstić information content (AvgIpc) is 2.49. The van der Waals surface area contributed by atoms with Crippen molar-refractivity contribution < 1.29 is 9.53 Å². The van der Waals surface area contributed by atoms with Gasteiger partial charge in [0.1, 0.15) is 6.61 Å². The van der Waals surface area contributed by atoms with Gasteiger partial charge in [0.25, 0.3) is 0 Å². The fourth-order valence-corrected chi connectivity index (χ4v) is 2.35. The predicted octanol–water partition coefficient (Wildman–Crippen LogP) is 0.485. The first-order valence-electron chi connectivity index (χ1n) is 4.92. The lowest BCUT2D eigenvalue weighted by molar-refractivity contribution is 0.136. The third kappa shape index (κ3) is 1.39. The number of alkyl carbamates (subject to hydrolysis) is 1. The third-order valence-electron chi connectivity index (χ3n) is 3.22. The van der Waals surface area contributed by atoms with Crippen molar-refractivity contribution in [3.63, 3.8) is 0 Å². The summed E-state index contributed by atoms with van der Waals surface area (Å²) in [6, 6.07) is 0. The maximum absolute atomic E-state index is 11.0. The van der Waals surface area contributed by atoms with E-state index in [0.29, 0.717) is 12.5 Å². The van der Waals surface area contributed by atoms with Crippen molar-refractivity contribution in [3.8, 4) is 0 Å². The molecule has 2 heterocycles. The molecule has 74 valence electrons. The second-order valence-corrected chi connectivity index (χ2v) is 3.92.